The highest BCUT2D eigenvalue weighted by Crippen LogP contribution is 2.40. The minimum atomic E-state index is 0.213. The van der Waals surface area contributed by atoms with Crippen molar-refractivity contribution in [3.05, 3.63) is 17.7 Å². The molecule has 4 nitrogen and oxygen atoms in total. The molecule has 2 N–H and O–H groups in total. The SMILES string of the molecule is COc1cc(O)cc(C2CCCCN2)c1OC. The number of aromatic hydroxyl groups is 1. The molecule has 0 amide bonds. The number of phenols is 1. The fourth-order valence-corrected chi connectivity index (χ4v) is 2.35. The lowest BCUT2D eigenvalue weighted by molar-refractivity contribution is 0.334. The van der Waals surface area contributed by atoms with Crippen LogP contribution in [0.15, 0.2) is 12.1 Å². The normalized spacial score (nSPS) is 20.0. The number of piperidine rings is 1. The summed E-state index contributed by atoms with van der Waals surface area (Å²) in [6.45, 7) is 1.01. The third-order valence-corrected chi connectivity index (χ3v) is 3.18. The van der Waals surface area contributed by atoms with E-state index in [-0.39, 0.29) is 11.8 Å². The Bertz CT molecular complexity index is 386. The molecule has 1 saturated heterocycles. The molecule has 1 aromatic carbocycles. The Balaban J connectivity index is 2.39. The van der Waals surface area contributed by atoms with Crippen LogP contribution in [0, 0.1) is 0 Å². The van der Waals surface area contributed by atoms with Gasteiger partial charge in [0.15, 0.2) is 11.5 Å². The molecule has 1 aromatic rings. The van der Waals surface area contributed by atoms with Gasteiger partial charge in [0.25, 0.3) is 0 Å². The highest BCUT2D eigenvalue weighted by atomic mass is 16.5. The maximum absolute atomic E-state index is 9.71. The molecule has 0 spiro atoms. The van der Waals surface area contributed by atoms with E-state index in [0.717, 1.165) is 18.5 Å². The minimum Gasteiger partial charge on any atom is -0.508 e. The van der Waals surface area contributed by atoms with Gasteiger partial charge in [-0.15, -0.1) is 0 Å². The van der Waals surface area contributed by atoms with Crippen LogP contribution < -0.4 is 14.8 Å². The second kappa shape index (κ2) is 5.27. The Labute approximate surface area is 102 Å². The Morgan fingerprint density at radius 1 is 1.24 bits per heavy atom. The fraction of sp³-hybridized carbons (Fsp3) is 0.538. The number of ether oxygens (including phenoxy) is 2. The summed E-state index contributed by atoms with van der Waals surface area (Å²) < 4.78 is 10.6. The average molecular weight is 237 g/mol. The molecule has 4 heteroatoms. The molecule has 94 valence electrons. The molecule has 0 bridgehead atoms. The van der Waals surface area contributed by atoms with Crippen molar-refractivity contribution in [1.29, 1.82) is 0 Å². The van der Waals surface area contributed by atoms with Crippen LogP contribution in [0.3, 0.4) is 0 Å². The molecule has 0 aliphatic carbocycles. The van der Waals surface area contributed by atoms with Gasteiger partial charge in [-0.3, -0.25) is 0 Å². The van der Waals surface area contributed by atoms with Crippen LogP contribution in [0.1, 0.15) is 30.9 Å². The lowest BCUT2D eigenvalue weighted by atomic mass is 9.96. The topological polar surface area (TPSA) is 50.7 Å². The number of nitrogens with one attached hydrogen (secondary N) is 1. The van der Waals surface area contributed by atoms with Gasteiger partial charge in [-0.2, -0.15) is 0 Å². The van der Waals surface area contributed by atoms with E-state index in [2.05, 4.69) is 5.32 Å². The number of phenolic OH excluding ortho intramolecular Hbond substituents is 1. The van der Waals surface area contributed by atoms with Gasteiger partial charge in [-0.1, -0.05) is 6.42 Å². The molecule has 1 aliphatic rings. The van der Waals surface area contributed by atoms with Crippen molar-refractivity contribution in [3.63, 3.8) is 0 Å². The van der Waals surface area contributed by atoms with E-state index in [4.69, 9.17) is 9.47 Å². The maximum atomic E-state index is 9.71. The van der Waals surface area contributed by atoms with E-state index in [9.17, 15) is 5.11 Å². The van der Waals surface area contributed by atoms with Gasteiger partial charge in [0.1, 0.15) is 5.75 Å². The maximum Gasteiger partial charge on any atom is 0.165 e. The number of hydrogen-bond donors (Lipinski definition) is 2. The first kappa shape index (κ1) is 12.0. The lowest BCUT2D eigenvalue weighted by Gasteiger charge is -2.26. The second-order valence-corrected chi connectivity index (χ2v) is 4.27. The van der Waals surface area contributed by atoms with Crippen molar-refractivity contribution < 1.29 is 14.6 Å². The molecule has 1 aliphatic heterocycles. The van der Waals surface area contributed by atoms with Crippen molar-refractivity contribution in [2.45, 2.75) is 25.3 Å². The van der Waals surface area contributed by atoms with E-state index in [1.54, 1.807) is 26.4 Å². The Morgan fingerprint density at radius 2 is 2.06 bits per heavy atom. The van der Waals surface area contributed by atoms with Gasteiger partial charge < -0.3 is 19.9 Å². The molecule has 17 heavy (non-hydrogen) atoms. The van der Waals surface area contributed by atoms with E-state index in [1.165, 1.54) is 12.8 Å². The standard InChI is InChI=1S/C13H19NO3/c1-16-12-8-9(15)7-10(13(12)17-2)11-5-3-4-6-14-11/h7-8,11,14-15H,3-6H2,1-2H3. The molecule has 0 radical (unpaired) electrons. The van der Waals surface area contributed by atoms with Crippen LogP contribution >= 0.6 is 0 Å². The van der Waals surface area contributed by atoms with E-state index < -0.39 is 0 Å². The van der Waals surface area contributed by atoms with Crippen LogP contribution in [0.2, 0.25) is 0 Å². The zero-order valence-electron chi connectivity index (χ0n) is 10.3. The first-order chi connectivity index (χ1) is 8.26. The Morgan fingerprint density at radius 3 is 2.65 bits per heavy atom. The number of rotatable bonds is 3. The second-order valence-electron chi connectivity index (χ2n) is 4.27. The van der Waals surface area contributed by atoms with Crippen molar-refractivity contribution in [1.82, 2.24) is 5.32 Å². The summed E-state index contributed by atoms with van der Waals surface area (Å²) in [6, 6.07) is 3.56. The summed E-state index contributed by atoms with van der Waals surface area (Å²) in [6.07, 6.45) is 3.45. The largest absolute Gasteiger partial charge is 0.508 e. The molecule has 2 rings (SSSR count). The van der Waals surface area contributed by atoms with E-state index in [0.29, 0.717) is 11.5 Å². The average Bonchev–Trinajstić information content (AvgIpc) is 2.38. The van der Waals surface area contributed by atoms with Gasteiger partial charge in [0.2, 0.25) is 0 Å². The summed E-state index contributed by atoms with van der Waals surface area (Å²) in [5.41, 5.74) is 0.976. The van der Waals surface area contributed by atoms with Crippen LogP contribution in [-0.4, -0.2) is 25.9 Å². The summed E-state index contributed by atoms with van der Waals surface area (Å²) >= 11 is 0. The minimum absolute atomic E-state index is 0.213. The quantitative estimate of drug-likeness (QED) is 0.846. The van der Waals surface area contributed by atoms with Crippen LogP contribution in [0.4, 0.5) is 0 Å². The zero-order valence-corrected chi connectivity index (χ0v) is 10.3. The summed E-state index contributed by atoms with van der Waals surface area (Å²) in [5.74, 6) is 1.50. The van der Waals surface area contributed by atoms with Crippen molar-refractivity contribution in [2.75, 3.05) is 20.8 Å². The number of hydrogen-bond acceptors (Lipinski definition) is 4. The number of methoxy groups -OCH3 is 2. The fourth-order valence-electron chi connectivity index (χ4n) is 2.35. The van der Waals surface area contributed by atoms with Gasteiger partial charge in [0.05, 0.1) is 14.2 Å². The van der Waals surface area contributed by atoms with Gasteiger partial charge in [-0.05, 0) is 25.5 Å². The van der Waals surface area contributed by atoms with Crippen molar-refractivity contribution >= 4 is 0 Å². The molecule has 1 atom stereocenters. The zero-order chi connectivity index (χ0) is 12.3. The van der Waals surface area contributed by atoms with Crippen molar-refractivity contribution in [2.24, 2.45) is 0 Å². The third-order valence-electron chi connectivity index (χ3n) is 3.18. The molecular weight excluding hydrogens is 218 g/mol. The summed E-state index contributed by atoms with van der Waals surface area (Å²) in [5, 5.41) is 13.2. The highest BCUT2D eigenvalue weighted by molar-refractivity contribution is 5.52. The first-order valence-electron chi connectivity index (χ1n) is 5.94. The van der Waals surface area contributed by atoms with E-state index >= 15 is 0 Å². The van der Waals surface area contributed by atoms with Crippen LogP contribution in [-0.2, 0) is 0 Å². The summed E-state index contributed by atoms with van der Waals surface area (Å²) in [7, 11) is 3.20. The smallest absolute Gasteiger partial charge is 0.165 e. The van der Waals surface area contributed by atoms with Gasteiger partial charge >= 0.3 is 0 Å². The van der Waals surface area contributed by atoms with E-state index in [1.807, 2.05) is 0 Å². The first-order valence-corrected chi connectivity index (χ1v) is 5.94. The molecule has 0 aromatic heterocycles. The van der Waals surface area contributed by atoms with Gasteiger partial charge in [0, 0.05) is 17.7 Å². The molecule has 0 saturated carbocycles. The van der Waals surface area contributed by atoms with Crippen LogP contribution in [0.25, 0.3) is 0 Å². The molecular formula is C13H19NO3. The predicted molar refractivity (Wildman–Crippen MR) is 65.8 cm³/mol. The number of benzene rings is 1. The molecule has 1 fully saturated rings. The predicted octanol–water partition coefficient (Wildman–Crippen LogP) is 2.22. The monoisotopic (exact) mass is 237 g/mol. The third kappa shape index (κ3) is 2.47. The molecule has 1 unspecified atom stereocenters. The van der Waals surface area contributed by atoms with Crippen molar-refractivity contribution in [3.8, 4) is 17.2 Å². The molecule has 1 heterocycles. The van der Waals surface area contributed by atoms with Gasteiger partial charge in [-0.25, -0.2) is 0 Å². The highest BCUT2D eigenvalue weighted by Gasteiger charge is 2.22. The summed E-state index contributed by atoms with van der Waals surface area (Å²) in [4.78, 5) is 0. The Kier molecular flexibility index (Phi) is 3.74. The Hall–Kier alpha value is -1.42. The van der Waals surface area contributed by atoms with Crippen LogP contribution in [0.5, 0.6) is 17.2 Å². The lowest BCUT2D eigenvalue weighted by Crippen LogP contribution is -2.27.